The first-order valence-electron chi connectivity index (χ1n) is 8.06. The molecular weight excluding hydrogens is 265 g/mol. The van der Waals surface area contributed by atoms with Crippen molar-refractivity contribution in [2.45, 2.75) is 45.3 Å². The number of nitrogens with zero attached hydrogens (tertiary/aromatic N) is 2. The third kappa shape index (κ3) is 3.82. The first-order valence-corrected chi connectivity index (χ1v) is 8.06. The first-order chi connectivity index (χ1) is 10.1. The van der Waals surface area contributed by atoms with E-state index in [-0.39, 0.29) is 17.9 Å². The molecule has 0 amide bonds. The maximum atomic E-state index is 13.6. The van der Waals surface area contributed by atoms with Crippen LogP contribution < -0.4 is 5.73 Å². The number of hydrogen-bond donors (Lipinski definition) is 1. The molecule has 0 spiro atoms. The summed E-state index contributed by atoms with van der Waals surface area (Å²) in [5.74, 6) is -0.180. The van der Waals surface area contributed by atoms with Crippen molar-refractivity contribution in [1.29, 1.82) is 0 Å². The van der Waals surface area contributed by atoms with Gasteiger partial charge in [-0.2, -0.15) is 0 Å². The van der Waals surface area contributed by atoms with Crippen molar-refractivity contribution in [3.8, 4) is 0 Å². The van der Waals surface area contributed by atoms with Crippen LogP contribution in [0.5, 0.6) is 0 Å². The van der Waals surface area contributed by atoms with E-state index >= 15 is 0 Å². The third-order valence-corrected chi connectivity index (χ3v) is 4.66. The predicted molar refractivity (Wildman–Crippen MR) is 85.7 cm³/mol. The highest BCUT2D eigenvalue weighted by Gasteiger charge is 2.31. The Morgan fingerprint density at radius 1 is 1.33 bits per heavy atom. The lowest BCUT2D eigenvalue weighted by molar-refractivity contribution is 0.0492. The number of rotatable bonds is 5. The van der Waals surface area contributed by atoms with Gasteiger partial charge in [-0.25, -0.2) is 4.39 Å². The fourth-order valence-electron chi connectivity index (χ4n) is 3.39. The molecule has 0 radical (unpaired) electrons. The number of hydrogen-bond acceptors (Lipinski definition) is 3. The van der Waals surface area contributed by atoms with Crippen LogP contribution in [-0.4, -0.2) is 48.1 Å². The van der Waals surface area contributed by atoms with Gasteiger partial charge in [-0.1, -0.05) is 26.0 Å². The van der Waals surface area contributed by atoms with Crippen molar-refractivity contribution >= 4 is 0 Å². The van der Waals surface area contributed by atoms with Crippen LogP contribution in [0, 0.1) is 5.82 Å². The number of likely N-dealkylation sites (N-methyl/N-ethyl adjacent to an activating group) is 1. The Morgan fingerprint density at radius 3 is 2.67 bits per heavy atom. The summed E-state index contributed by atoms with van der Waals surface area (Å²) < 4.78 is 13.6. The minimum Gasteiger partial charge on any atom is -0.326 e. The number of nitrogens with two attached hydrogens (primary N) is 1. The number of halogens is 1. The van der Waals surface area contributed by atoms with Crippen LogP contribution in [0.15, 0.2) is 24.3 Å². The maximum absolute atomic E-state index is 13.6. The van der Waals surface area contributed by atoms with Crippen molar-refractivity contribution < 1.29 is 4.39 Å². The largest absolute Gasteiger partial charge is 0.326 e. The molecule has 1 aromatic rings. The highest BCUT2D eigenvalue weighted by Crippen LogP contribution is 2.28. The maximum Gasteiger partial charge on any atom is 0.123 e. The highest BCUT2D eigenvalue weighted by molar-refractivity contribution is 5.22. The van der Waals surface area contributed by atoms with E-state index in [4.69, 9.17) is 5.73 Å². The SMILES string of the molecule is CCC(N)C(c1cccc(F)c1)N1CCN(CC)C(C)C1. The standard InChI is InChI=1S/C17H28FN3/c1-4-16(19)17(14-7-6-8-15(18)11-14)21-10-9-20(5-2)13(3)12-21/h6-8,11,13,16-17H,4-5,9-10,12,19H2,1-3H3. The number of piperazine rings is 1. The molecule has 3 nitrogen and oxygen atoms in total. The van der Waals surface area contributed by atoms with Crippen molar-refractivity contribution in [3.05, 3.63) is 35.6 Å². The van der Waals surface area contributed by atoms with E-state index < -0.39 is 0 Å². The molecule has 1 aliphatic rings. The van der Waals surface area contributed by atoms with Gasteiger partial charge in [0, 0.05) is 31.7 Å². The average molecular weight is 293 g/mol. The van der Waals surface area contributed by atoms with Gasteiger partial charge >= 0.3 is 0 Å². The van der Waals surface area contributed by atoms with Gasteiger partial charge in [0.25, 0.3) is 0 Å². The van der Waals surface area contributed by atoms with Crippen LogP contribution >= 0.6 is 0 Å². The van der Waals surface area contributed by atoms with Crippen LogP contribution in [0.3, 0.4) is 0 Å². The van der Waals surface area contributed by atoms with Crippen LogP contribution in [0.1, 0.15) is 38.8 Å². The summed E-state index contributed by atoms with van der Waals surface area (Å²) in [6.45, 7) is 10.7. The van der Waals surface area contributed by atoms with Gasteiger partial charge in [0.2, 0.25) is 0 Å². The molecule has 2 rings (SSSR count). The molecule has 4 heteroatoms. The zero-order valence-corrected chi connectivity index (χ0v) is 13.4. The lowest BCUT2D eigenvalue weighted by Crippen LogP contribution is -2.55. The van der Waals surface area contributed by atoms with E-state index in [1.807, 2.05) is 6.07 Å². The minimum absolute atomic E-state index is 0.0344. The molecule has 1 aromatic carbocycles. The monoisotopic (exact) mass is 293 g/mol. The molecule has 3 atom stereocenters. The second-order valence-corrected chi connectivity index (χ2v) is 6.04. The van der Waals surface area contributed by atoms with Crippen LogP contribution in [-0.2, 0) is 0 Å². The van der Waals surface area contributed by atoms with E-state index in [1.54, 1.807) is 12.1 Å². The Kier molecular flexibility index (Phi) is 5.73. The molecule has 21 heavy (non-hydrogen) atoms. The fraction of sp³-hybridized carbons (Fsp3) is 0.647. The number of benzene rings is 1. The molecule has 0 aromatic heterocycles. The Bertz CT molecular complexity index is 451. The van der Waals surface area contributed by atoms with Gasteiger partial charge in [0.05, 0.1) is 6.04 Å². The molecule has 3 unspecified atom stereocenters. The normalized spacial score (nSPS) is 24.0. The van der Waals surface area contributed by atoms with E-state index in [0.717, 1.165) is 38.2 Å². The predicted octanol–water partition coefficient (Wildman–Crippen LogP) is 2.63. The summed E-state index contributed by atoms with van der Waals surface area (Å²) in [7, 11) is 0. The van der Waals surface area contributed by atoms with E-state index in [2.05, 4.69) is 30.6 Å². The minimum atomic E-state index is -0.180. The van der Waals surface area contributed by atoms with Gasteiger partial charge in [-0.05, 0) is 37.6 Å². The summed E-state index contributed by atoms with van der Waals surface area (Å²) in [5, 5.41) is 0. The molecule has 1 aliphatic heterocycles. The lowest BCUT2D eigenvalue weighted by Gasteiger charge is -2.44. The fourth-order valence-corrected chi connectivity index (χ4v) is 3.39. The molecule has 2 N–H and O–H groups in total. The summed E-state index contributed by atoms with van der Waals surface area (Å²) in [5.41, 5.74) is 7.37. The van der Waals surface area contributed by atoms with Gasteiger partial charge in [0.1, 0.15) is 5.82 Å². The van der Waals surface area contributed by atoms with E-state index in [9.17, 15) is 4.39 Å². The Morgan fingerprint density at radius 2 is 2.10 bits per heavy atom. The molecule has 0 bridgehead atoms. The summed E-state index contributed by atoms with van der Waals surface area (Å²) >= 11 is 0. The topological polar surface area (TPSA) is 32.5 Å². The van der Waals surface area contributed by atoms with Crippen molar-refractivity contribution in [2.24, 2.45) is 5.73 Å². The Hall–Kier alpha value is -0.970. The Balaban J connectivity index is 2.21. The van der Waals surface area contributed by atoms with Crippen LogP contribution in [0.4, 0.5) is 4.39 Å². The van der Waals surface area contributed by atoms with Crippen LogP contribution in [0.2, 0.25) is 0 Å². The summed E-state index contributed by atoms with van der Waals surface area (Å²) in [6.07, 6.45) is 0.892. The third-order valence-electron chi connectivity index (χ3n) is 4.66. The first kappa shape index (κ1) is 16.4. The molecular formula is C17H28FN3. The van der Waals surface area contributed by atoms with Crippen molar-refractivity contribution in [3.63, 3.8) is 0 Å². The van der Waals surface area contributed by atoms with E-state index in [1.165, 1.54) is 6.07 Å². The van der Waals surface area contributed by atoms with Crippen molar-refractivity contribution in [1.82, 2.24) is 9.80 Å². The molecule has 0 aliphatic carbocycles. The van der Waals surface area contributed by atoms with Gasteiger partial charge < -0.3 is 5.73 Å². The summed E-state index contributed by atoms with van der Waals surface area (Å²) in [4.78, 5) is 4.91. The average Bonchev–Trinajstić information content (AvgIpc) is 2.47. The molecule has 118 valence electrons. The van der Waals surface area contributed by atoms with Crippen LogP contribution in [0.25, 0.3) is 0 Å². The van der Waals surface area contributed by atoms with Gasteiger partial charge in [-0.3, -0.25) is 9.80 Å². The molecule has 1 fully saturated rings. The molecule has 0 saturated carbocycles. The zero-order valence-electron chi connectivity index (χ0n) is 13.4. The van der Waals surface area contributed by atoms with E-state index in [0.29, 0.717) is 6.04 Å². The smallest absolute Gasteiger partial charge is 0.123 e. The Labute approximate surface area is 127 Å². The second-order valence-electron chi connectivity index (χ2n) is 6.04. The lowest BCUT2D eigenvalue weighted by atomic mass is 9.94. The molecule has 1 heterocycles. The summed E-state index contributed by atoms with van der Waals surface area (Å²) in [6, 6.07) is 7.57. The van der Waals surface area contributed by atoms with Gasteiger partial charge in [0.15, 0.2) is 0 Å². The second kappa shape index (κ2) is 7.34. The molecule has 1 saturated heterocycles. The van der Waals surface area contributed by atoms with Crippen molar-refractivity contribution in [2.75, 3.05) is 26.2 Å². The zero-order chi connectivity index (χ0) is 15.4. The quantitative estimate of drug-likeness (QED) is 0.906. The highest BCUT2D eigenvalue weighted by atomic mass is 19.1. The van der Waals surface area contributed by atoms with Gasteiger partial charge in [-0.15, -0.1) is 0 Å².